The third-order valence-corrected chi connectivity index (χ3v) is 6.36. The molecule has 1 fully saturated rings. The third-order valence-electron chi connectivity index (χ3n) is 3.82. The van der Waals surface area contributed by atoms with Crippen LogP contribution in [0.1, 0.15) is 19.3 Å². The largest absolute Gasteiger partial charge is 0.497 e. The summed E-state index contributed by atoms with van der Waals surface area (Å²) >= 11 is 0. The smallest absolute Gasteiger partial charge is 0.246 e. The second-order valence-corrected chi connectivity index (χ2v) is 6.90. The second kappa shape index (κ2) is 3.47. The molecule has 1 heterocycles. The number of ether oxygens (including phenoxy) is 1. The molecule has 3 rings (SSSR count). The summed E-state index contributed by atoms with van der Waals surface area (Å²) in [5, 5.41) is 2.69. The molecule has 6 heteroatoms. The van der Waals surface area contributed by atoms with Crippen LogP contribution in [-0.4, -0.2) is 26.2 Å². The van der Waals surface area contributed by atoms with Crippen molar-refractivity contribution in [3.63, 3.8) is 0 Å². The van der Waals surface area contributed by atoms with Crippen molar-refractivity contribution in [3.8, 4) is 5.75 Å². The van der Waals surface area contributed by atoms with Crippen LogP contribution in [0.25, 0.3) is 0 Å². The van der Waals surface area contributed by atoms with Gasteiger partial charge in [-0.05, 0) is 31.4 Å². The lowest BCUT2D eigenvalue weighted by Crippen LogP contribution is -2.57. The fourth-order valence-corrected chi connectivity index (χ4v) is 4.74. The van der Waals surface area contributed by atoms with E-state index in [9.17, 15) is 13.2 Å². The zero-order valence-electron chi connectivity index (χ0n) is 9.89. The van der Waals surface area contributed by atoms with Gasteiger partial charge in [0.05, 0.1) is 17.7 Å². The van der Waals surface area contributed by atoms with Crippen molar-refractivity contribution in [2.45, 2.75) is 28.9 Å². The van der Waals surface area contributed by atoms with Gasteiger partial charge in [0.15, 0.2) is 14.6 Å². The lowest BCUT2D eigenvalue weighted by atomic mass is 9.83. The molecule has 1 spiro atoms. The molecule has 18 heavy (non-hydrogen) atoms. The second-order valence-electron chi connectivity index (χ2n) is 4.67. The van der Waals surface area contributed by atoms with Gasteiger partial charge < -0.3 is 10.1 Å². The standard InChI is InChI=1S/C12H13NO4S/c1-17-8-3-4-9-10(7-8)18(15,16)12(5-2-6-12)11(14)13-9/h3-4,7H,2,5-6H2,1H3,(H,13,14). The van der Waals surface area contributed by atoms with Crippen LogP contribution in [-0.2, 0) is 14.6 Å². The molecule has 1 aliphatic carbocycles. The van der Waals surface area contributed by atoms with E-state index in [1.165, 1.54) is 13.2 Å². The predicted molar refractivity (Wildman–Crippen MR) is 65.4 cm³/mol. The quantitative estimate of drug-likeness (QED) is 0.833. The van der Waals surface area contributed by atoms with Crippen LogP contribution in [0.2, 0.25) is 0 Å². The summed E-state index contributed by atoms with van der Waals surface area (Å²) in [7, 11) is -2.14. The number of hydrogen-bond acceptors (Lipinski definition) is 4. The Morgan fingerprint density at radius 3 is 2.61 bits per heavy atom. The van der Waals surface area contributed by atoms with Gasteiger partial charge in [-0.25, -0.2) is 8.42 Å². The predicted octanol–water partition coefficient (Wildman–Crippen LogP) is 1.34. The first-order valence-electron chi connectivity index (χ1n) is 5.75. The molecule has 0 aromatic heterocycles. The van der Waals surface area contributed by atoms with Crippen LogP contribution < -0.4 is 10.1 Å². The Morgan fingerprint density at radius 1 is 1.33 bits per heavy atom. The van der Waals surface area contributed by atoms with Gasteiger partial charge in [-0.2, -0.15) is 0 Å². The van der Waals surface area contributed by atoms with E-state index in [-0.39, 0.29) is 4.90 Å². The summed E-state index contributed by atoms with van der Waals surface area (Å²) in [6, 6.07) is 4.67. The molecule has 1 aromatic rings. The minimum Gasteiger partial charge on any atom is -0.497 e. The lowest BCUT2D eigenvalue weighted by Gasteiger charge is -2.42. The zero-order valence-corrected chi connectivity index (χ0v) is 10.7. The number of carbonyl (C=O) groups is 1. The highest BCUT2D eigenvalue weighted by Crippen LogP contribution is 2.48. The molecular weight excluding hydrogens is 254 g/mol. The van der Waals surface area contributed by atoms with E-state index in [1.54, 1.807) is 12.1 Å². The first-order chi connectivity index (χ1) is 8.51. The average molecular weight is 267 g/mol. The van der Waals surface area contributed by atoms with E-state index in [1.807, 2.05) is 0 Å². The minimum atomic E-state index is -3.62. The highest BCUT2D eigenvalue weighted by molar-refractivity contribution is 7.94. The molecule has 0 atom stereocenters. The van der Waals surface area contributed by atoms with E-state index in [0.29, 0.717) is 24.3 Å². The van der Waals surface area contributed by atoms with E-state index >= 15 is 0 Å². The number of nitrogens with one attached hydrogen (secondary N) is 1. The molecular formula is C12H13NO4S. The van der Waals surface area contributed by atoms with Crippen molar-refractivity contribution >= 4 is 21.4 Å². The van der Waals surface area contributed by atoms with Crippen LogP contribution >= 0.6 is 0 Å². The Morgan fingerprint density at radius 2 is 2.06 bits per heavy atom. The number of carbonyl (C=O) groups excluding carboxylic acids is 1. The van der Waals surface area contributed by atoms with Crippen molar-refractivity contribution in [2.24, 2.45) is 0 Å². The Bertz CT molecular complexity index is 631. The molecule has 5 nitrogen and oxygen atoms in total. The Balaban J connectivity index is 2.24. The van der Waals surface area contributed by atoms with Gasteiger partial charge in [-0.15, -0.1) is 0 Å². The van der Waals surface area contributed by atoms with Crippen molar-refractivity contribution in [1.29, 1.82) is 0 Å². The number of rotatable bonds is 1. The maximum Gasteiger partial charge on any atom is 0.246 e. The van der Waals surface area contributed by atoms with Crippen molar-refractivity contribution in [1.82, 2.24) is 0 Å². The first-order valence-corrected chi connectivity index (χ1v) is 7.24. The number of fused-ring (bicyclic) bond motifs is 1. The number of methoxy groups -OCH3 is 1. The summed E-state index contributed by atoms with van der Waals surface area (Å²) in [6.45, 7) is 0. The van der Waals surface area contributed by atoms with E-state index in [4.69, 9.17) is 4.74 Å². The molecule has 0 unspecified atom stereocenters. The van der Waals surface area contributed by atoms with Gasteiger partial charge in [0, 0.05) is 6.07 Å². The number of anilines is 1. The summed E-state index contributed by atoms with van der Waals surface area (Å²) in [4.78, 5) is 12.2. The Hall–Kier alpha value is -1.56. The van der Waals surface area contributed by atoms with Gasteiger partial charge >= 0.3 is 0 Å². The zero-order chi connectivity index (χ0) is 13.0. The van der Waals surface area contributed by atoms with Gasteiger partial charge in [-0.3, -0.25) is 4.79 Å². The number of benzene rings is 1. The normalized spacial score (nSPS) is 22.8. The molecule has 96 valence electrons. The Labute approximate surface area is 105 Å². The molecule has 1 N–H and O–H groups in total. The summed E-state index contributed by atoms with van der Waals surface area (Å²) in [6.07, 6.45) is 1.57. The number of hydrogen-bond donors (Lipinski definition) is 1. The van der Waals surface area contributed by atoms with Gasteiger partial charge in [0.1, 0.15) is 5.75 Å². The molecule has 1 aliphatic heterocycles. The lowest BCUT2D eigenvalue weighted by molar-refractivity contribution is -0.120. The minimum absolute atomic E-state index is 0.168. The maximum atomic E-state index is 12.6. The van der Waals surface area contributed by atoms with Gasteiger partial charge in [-0.1, -0.05) is 0 Å². The summed E-state index contributed by atoms with van der Waals surface area (Å²) < 4.78 is 28.9. The number of amides is 1. The molecule has 0 bridgehead atoms. The van der Waals surface area contributed by atoms with Crippen LogP contribution in [0, 0.1) is 0 Å². The van der Waals surface area contributed by atoms with Crippen molar-refractivity contribution in [3.05, 3.63) is 18.2 Å². The Kier molecular flexibility index (Phi) is 2.22. The van der Waals surface area contributed by atoms with E-state index in [0.717, 1.165) is 6.42 Å². The third kappa shape index (κ3) is 1.21. The molecule has 1 aromatic carbocycles. The molecule has 0 radical (unpaired) electrons. The molecule has 1 saturated carbocycles. The van der Waals surface area contributed by atoms with Crippen LogP contribution in [0.15, 0.2) is 23.1 Å². The van der Waals surface area contributed by atoms with E-state index in [2.05, 4.69) is 5.32 Å². The van der Waals surface area contributed by atoms with Gasteiger partial charge in [0.2, 0.25) is 5.91 Å². The fourth-order valence-electron chi connectivity index (χ4n) is 2.52. The van der Waals surface area contributed by atoms with Crippen molar-refractivity contribution in [2.75, 3.05) is 12.4 Å². The first kappa shape index (κ1) is 11.5. The van der Waals surface area contributed by atoms with Crippen molar-refractivity contribution < 1.29 is 17.9 Å². The highest BCUT2D eigenvalue weighted by atomic mass is 32.2. The molecule has 1 amide bonds. The highest BCUT2D eigenvalue weighted by Gasteiger charge is 2.58. The SMILES string of the molecule is COc1ccc2c(c1)S(=O)(=O)C1(CCC1)C(=O)N2. The van der Waals surface area contributed by atoms with Crippen LogP contribution in [0.3, 0.4) is 0 Å². The maximum absolute atomic E-state index is 12.6. The topological polar surface area (TPSA) is 72.5 Å². The monoisotopic (exact) mass is 267 g/mol. The van der Waals surface area contributed by atoms with Crippen LogP contribution in [0.5, 0.6) is 5.75 Å². The van der Waals surface area contributed by atoms with E-state index < -0.39 is 20.5 Å². The fraction of sp³-hybridized carbons (Fsp3) is 0.417. The van der Waals surface area contributed by atoms with Crippen LogP contribution in [0.4, 0.5) is 5.69 Å². The average Bonchev–Trinajstić information content (AvgIpc) is 2.26. The molecule has 0 saturated heterocycles. The molecule has 2 aliphatic rings. The number of sulfone groups is 1. The summed E-state index contributed by atoms with van der Waals surface area (Å²) in [5.74, 6) is 0.0781. The summed E-state index contributed by atoms with van der Waals surface area (Å²) in [5.41, 5.74) is 0.346. The van der Waals surface area contributed by atoms with Gasteiger partial charge in [0.25, 0.3) is 0 Å².